The molecule has 3 aromatic rings. The van der Waals surface area contributed by atoms with E-state index in [1.165, 1.54) is 28.7 Å². The van der Waals surface area contributed by atoms with Gasteiger partial charge in [0.15, 0.2) is 0 Å². The summed E-state index contributed by atoms with van der Waals surface area (Å²) < 4.78 is 1.85. The Hall–Kier alpha value is -2.61. The summed E-state index contributed by atoms with van der Waals surface area (Å²) in [5, 5.41) is 4.31. The second-order valence-electron chi connectivity index (χ2n) is 10.2. The van der Waals surface area contributed by atoms with Gasteiger partial charge in [0.25, 0.3) is 0 Å². The number of hydrogen-bond acceptors (Lipinski definition) is 1. The summed E-state index contributed by atoms with van der Waals surface area (Å²) in [5.74, 6) is 0. The Morgan fingerprint density at radius 1 is 0.793 bits per heavy atom. The Kier molecular flexibility index (Phi) is 4.98. The fraction of sp³-hybridized carbons (Fsp3) is 0.370. The summed E-state index contributed by atoms with van der Waals surface area (Å²) in [6.45, 7) is 9.67. The maximum atomic E-state index is 4.31. The van der Waals surface area contributed by atoms with E-state index < -0.39 is 0 Å². The van der Waals surface area contributed by atoms with Crippen LogP contribution in [0, 0.1) is 10.8 Å². The van der Waals surface area contributed by atoms with E-state index in [1.54, 1.807) is 5.57 Å². The van der Waals surface area contributed by atoms with Gasteiger partial charge < -0.3 is 0 Å². The highest BCUT2D eigenvalue weighted by Crippen LogP contribution is 2.50. The van der Waals surface area contributed by atoms with Gasteiger partial charge in [-0.1, -0.05) is 87.9 Å². The average molecular weight is 385 g/mol. The van der Waals surface area contributed by atoms with Gasteiger partial charge in [-0.05, 0) is 52.4 Å². The van der Waals surface area contributed by atoms with E-state index in [-0.39, 0.29) is 0 Å². The van der Waals surface area contributed by atoms with Gasteiger partial charge in [0, 0.05) is 18.8 Å². The number of benzene rings is 2. The lowest BCUT2D eigenvalue weighted by molar-refractivity contribution is 0.154. The minimum absolute atomic E-state index is 0.326. The Balaban J connectivity index is 1.82. The molecule has 0 radical (unpaired) electrons. The molecule has 1 heterocycles. The molecule has 0 unspecified atom stereocenters. The largest absolute Gasteiger partial charge is 0.275 e. The molecule has 0 spiro atoms. The molecule has 2 heteroatoms. The smallest absolute Gasteiger partial charge is 0.0568 e. The number of allylic oxidation sites excluding steroid dienone is 1. The lowest BCUT2D eigenvalue weighted by atomic mass is 9.62. The predicted octanol–water partition coefficient (Wildman–Crippen LogP) is 7.13. The van der Waals surface area contributed by atoms with Gasteiger partial charge >= 0.3 is 0 Å². The standard InChI is InChI=1S/C27H32N2/c1-26(2)15-23(16-27(3,4)19-26)25(21-9-7-6-8-10-21)22-13-11-20(12-14-22)24-17-28-29(5)18-24/h6-14,17-18H,15-16,19H2,1-5H3. The molecule has 0 amide bonds. The molecular weight excluding hydrogens is 352 g/mol. The van der Waals surface area contributed by atoms with Crippen molar-refractivity contribution in [2.75, 3.05) is 0 Å². The first-order valence-corrected chi connectivity index (χ1v) is 10.6. The average Bonchev–Trinajstić information content (AvgIpc) is 3.07. The van der Waals surface area contributed by atoms with Crippen LogP contribution in [0.15, 0.2) is 72.6 Å². The zero-order valence-electron chi connectivity index (χ0n) is 18.4. The summed E-state index contributed by atoms with van der Waals surface area (Å²) in [4.78, 5) is 0. The van der Waals surface area contributed by atoms with Crippen molar-refractivity contribution in [1.82, 2.24) is 9.78 Å². The maximum absolute atomic E-state index is 4.31. The highest BCUT2D eigenvalue weighted by Gasteiger charge is 2.37. The molecule has 0 atom stereocenters. The van der Waals surface area contributed by atoms with Crippen molar-refractivity contribution >= 4 is 5.57 Å². The predicted molar refractivity (Wildman–Crippen MR) is 123 cm³/mol. The fourth-order valence-electron chi connectivity index (χ4n) is 5.39. The van der Waals surface area contributed by atoms with Crippen molar-refractivity contribution in [2.45, 2.75) is 47.0 Å². The third-order valence-corrected chi connectivity index (χ3v) is 5.97. The summed E-state index contributed by atoms with van der Waals surface area (Å²) in [6.07, 6.45) is 7.58. The first-order chi connectivity index (χ1) is 13.7. The van der Waals surface area contributed by atoms with Gasteiger partial charge in [-0.25, -0.2) is 0 Å². The van der Waals surface area contributed by atoms with Gasteiger partial charge in [-0.15, -0.1) is 0 Å². The van der Waals surface area contributed by atoms with Crippen LogP contribution in [0.1, 0.15) is 58.1 Å². The highest BCUT2D eigenvalue weighted by molar-refractivity contribution is 5.83. The van der Waals surface area contributed by atoms with E-state index >= 15 is 0 Å². The van der Waals surface area contributed by atoms with Crippen molar-refractivity contribution in [3.63, 3.8) is 0 Å². The zero-order valence-corrected chi connectivity index (χ0v) is 18.4. The minimum Gasteiger partial charge on any atom is -0.275 e. The maximum Gasteiger partial charge on any atom is 0.0568 e. The molecular formula is C27H32N2. The van der Waals surface area contributed by atoms with Crippen molar-refractivity contribution in [2.24, 2.45) is 17.9 Å². The van der Waals surface area contributed by atoms with Crippen LogP contribution in [-0.4, -0.2) is 9.78 Å². The van der Waals surface area contributed by atoms with Gasteiger partial charge in [-0.3, -0.25) is 4.68 Å². The molecule has 0 saturated heterocycles. The summed E-state index contributed by atoms with van der Waals surface area (Å²) in [7, 11) is 1.96. The number of nitrogens with zero attached hydrogens (tertiary/aromatic N) is 2. The molecule has 0 N–H and O–H groups in total. The second kappa shape index (κ2) is 7.33. The molecule has 1 aromatic heterocycles. The number of rotatable bonds is 3. The SMILES string of the molecule is Cn1cc(-c2ccc(C(=C3CC(C)(C)CC(C)(C)C3)c3ccccc3)cc2)cn1. The fourth-order valence-corrected chi connectivity index (χ4v) is 5.39. The molecule has 1 saturated carbocycles. The highest BCUT2D eigenvalue weighted by atomic mass is 15.2. The molecule has 2 aromatic carbocycles. The minimum atomic E-state index is 0.326. The first kappa shape index (κ1) is 19.7. The number of aryl methyl sites for hydroxylation is 1. The van der Waals surface area contributed by atoms with Crippen molar-refractivity contribution in [1.29, 1.82) is 0 Å². The van der Waals surface area contributed by atoms with E-state index in [1.807, 2.05) is 17.9 Å². The van der Waals surface area contributed by atoms with E-state index in [9.17, 15) is 0 Å². The van der Waals surface area contributed by atoms with Crippen LogP contribution in [0.25, 0.3) is 16.7 Å². The van der Waals surface area contributed by atoms with Crippen LogP contribution in [0.3, 0.4) is 0 Å². The lowest BCUT2D eigenvalue weighted by Crippen LogP contribution is -2.30. The molecule has 4 rings (SSSR count). The van der Waals surface area contributed by atoms with Gasteiger partial charge in [0.2, 0.25) is 0 Å². The Bertz CT molecular complexity index is 1000. The van der Waals surface area contributed by atoms with E-state index in [2.05, 4.69) is 93.6 Å². The zero-order chi connectivity index (χ0) is 20.6. The molecule has 150 valence electrons. The van der Waals surface area contributed by atoms with Gasteiger partial charge in [-0.2, -0.15) is 5.10 Å². The van der Waals surface area contributed by atoms with E-state index in [4.69, 9.17) is 0 Å². The Labute approximate surface area is 175 Å². The number of aromatic nitrogens is 2. The number of hydrogen-bond donors (Lipinski definition) is 0. The van der Waals surface area contributed by atoms with Crippen LogP contribution in [0.2, 0.25) is 0 Å². The van der Waals surface area contributed by atoms with Crippen LogP contribution >= 0.6 is 0 Å². The first-order valence-electron chi connectivity index (χ1n) is 10.6. The summed E-state index contributed by atoms with van der Waals surface area (Å²) in [6, 6.07) is 19.9. The summed E-state index contributed by atoms with van der Waals surface area (Å²) in [5.41, 5.74) is 8.67. The molecule has 0 bridgehead atoms. The van der Waals surface area contributed by atoms with Gasteiger partial charge in [0.1, 0.15) is 0 Å². The summed E-state index contributed by atoms with van der Waals surface area (Å²) >= 11 is 0. The monoisotopic (exact) mass is 384 g/mol. The molecule has 29 heavy (non-hydrogen) atoms. The molecule has 0 aliphatic heterocycles. The quantitative estimate of drug-likeness (QED) is 0.470. The Morgan fingerprint density at radius 2 is 1.38 bits per heavy atom. The Morgan fingerprint density at radius 3 is 1.93 bits per heavy atom. The molecule has 1 aliphatic rings. The second-order valence-corrected chi connectivity index (χ2v) is 10.2. The molecule has 1 aliphatic carbocycles. The van der Waals surface area contributed by atoms with Crippen LogP contribution in [-0.2, 0) is 7.05 Å². The lowest BCUT2D eigenvalue weighted by Gasteiger charge is -2.43. The van der Waals surface area contributed by atoms with Gasteiger partial charge in [0.05, 0.1) is 6.20 Å². The molecule has 2 nitrogen and oxygen atoms in total. The van der Waals surface area contributed by atoms with E-state index in [0.29, 0.717) is 10.8 Å². The van der Waals surface area contributed by atoms with Crippen molar-refractivity contribution in [3.05, 3.63) is 83.7 Å². The van der Waals surface area contributed by atoms with Crippen LogP contribution in [0.4, 0.5) is 0 Å². The van der Waals surface area contributed by atoms with Crippen LogP contribution < -0.4 is 0 Å². The topological polar surface area (TPSA) is 17.8 Å². The molecule has 1 fully saturated rings. The van der Waals surface area contributed by atoms with E-state index in [0.717, 1.165) is 18.4 Å². The third kappa shape index (κ3) is 4.37. The normalized spacial score (nSPS) is 17.9. The van der Waals surface area contributed by atoms with Crippen LogP contribution in [0.5, 0.6) is 0 Å². The van der Waals surface area contributed by atoms with Crippen molar-refractivity contribution in [3.8, 4) is 11.1 Å². The third-order valence-electron chi connectivity index (χ3n) is 5.97. The van der Waals surface area contributed by atoms with Crippen molar-refractivity contribution < 1.29 is 0 Å².